The highest BCUT2D eigenvalue weighted by Crippen LogP contribution is 2.48. The van der Waals surface area contributed by atoms with E-state index >= 15 is 0 Å². The van der Waals surface area contributed by atoms with E-state index in [0.29, 0.717) is 5.02 Å². The molecule has 3 aromatic rings. The fraction of sp³-hybridized carbons (Fsp3) is 0.208. The summed E-state index contributed by atoms with van der Waals surface area (Å²) in [5.41, 5.74) is 6.47. The second kappa shape index (κ2) is 6.89. The molecule has 2 heterocycles. The van der Waals surface area contributed by atoms with E-state index in [4.69, 9.17) is 21.4 Å². The first-order valence-corrected chi connectivity index (χ1v) is 10.0. The van der Waals surface area contributed by atoms with E-state index < -0.39 is 6.23 Å². The highest BCUT2D eigenvalue weighted by atomic mass is 35.5. The van der Waals surface area contributed by atoms with E-state index in [2.05, 4.69) is 32.0 Å². The van der Waals surface area contributed by atoms with Crippen molar-refractivity contribution in [1.29, 1.82) is 0 Å². The van der Waals surface area contributed by atoms with Gasteiger partial charge in [0.15, 0.2) is 0 Å². The lowest BCUT2D eigenvalue weighted by atomic mass is 9.93. The van der Waals surface area contributed by atoms with Crippen LogP contribution in [0.25, 0.3) is 0 Å². The zero-order valence-electron chi connectivity index (χ0n) is 16.2. The first-order valence-electron chi connectivity index (χ1n) is 9.64. The first kappa shape index (κ1) is 18.2. The van der Waals surface area contributed by atoms with Crippen molar-refractivity contribution in [3.8, 4) is 5.75 Å². The second-order valence-electron chi connectivity index (χ2n) is 7.67. The largest absolute Gasteiger partial charge is 0.464 e. The van der Waals surface area contributed by atoms with Crippen molar-refractivity contribution in [1.82, 2.24) is 5.01 Å². The van der Waals surface area contributed by atoms with Gasteiger partial charge in [-0.15, -0.1) is 0 Å². The van der Waals surface area contributed by atoms with Gasteiger partial charge in [-0.3, -0.25) is 0 Å². The van der Waals surface area contributed by atoms with Gasteiger partial charge in [-0.25, -0.2) is 9.40 Å². The van der Waals surface area contributed by atoms with Crippen molar-refractivity contribution in [2.24, 2.45) is 5.10 Å². The number of hydrogen-bond donors (Lipinski definition) is 0. The molecule has 2 atom stereocenters. The van der Waals surface area contributed by atoms with Crippen LogP contribution in [0.5, 0.6) is 5.75 Å². The minimum Gasteiger partial charge on any atom is -0.464 e. The molecule has 2 aliphatic rings. The van der Waals surface area contributed by atoms with Crippen LogP contribution in [0.3, 0.4) is 0 Å². The number of halogens is 2. The van der Waals surface area contributed by atoms with E-state index in [0.717, 1.165) is 34.6 Å². The van der Waals surface area contributed by atoms with Crippen LogP contribution in [0.1, 0.15) is 46.5 Å². The molecule has 0 amide bonds. The van der Waals surface area contributed by atoms with E-state index in [1.807, 2.05) is 23.2 Å². The molecule has 0 fully saturated rings. The predicted molar refractivity (Wildman–Crippen MR) is 113 cm³/mol. The molecule has 5 heteroatoms. The van der Waals surface area contributed by atoms with E-state index in [1.54, 1.807) is 12.1 Å². The summed E-state index contributed by atoms with van der Waals surface area (Å²) in [7, 11) is 0. The maximum absolute atomic E-state index is 13.5. The SMILES string of the molecule is Cc1ccc(C)c(C2=NN3[C@H](C2)c2cc(Cl)ccc2O[C@H]3c2ccc(F)cc2)c1. The zero-order valence-corrected chi connectivity index (χ0v) is 16.9. The molecular weight excluding hydrogens is 387 g/mol. The minimum absolute atomic E-state index is 0.0161. The van der Waals surface area contributed by atoms with Gasteiger partial charge < -0.3 is 4.74 Å². The molecule has 2 aliphatic heterocycles. The van der Waals surface area contributed by atoms with Crippen LogP contribution in [0.15, 0.2) is 65.8 Å². The van der Waals surface area contributed by atoms with Gasteiger partial charge in [-0.2, -0.15) is 5.10 Å². The third-order valence-electron chi connectivity index (χ3n) is 5.61. The number of fused-ring (bicyclic) bond motifs is 3. The monoisotopic (exact) mass is 406 g/mol. The molecule has 146 valence electrons. The Morgan fingerprint density at radius 1 is 1.03 bits per heavy atom. The van der Waals surface area contributed by atoms with Crippen molar-refractivity contribution in [2.75, 3.05) is 0 Å². The van der Waals surface area contributed by atoms with E-state index in [1.165, 1.54) is 23.3 Å². The molecule has 0 saturated heterocycles. The number of nitrogens with zero attached hydrogens (tertiary/aromatic N) is 2. The van der Waals surface area contributed by atoms with Gasteiger partial charge in [0.25, 0.3) is 0 Å². The Kier molecular flexibility index (Phi) is 4.32. The third kappa shape index (κ3) is 3.18. The molecule has 0 radical (unpaired) electrons. The van der Waals surface area contributed by atoms with Crippen LogP contribution in [-0.2, 0) is 0 Å². The Morgan fingerprint density at radius 2 is 1.83 bits per heavy atom. The van der Waals surface area contributed by atoms with Crippen LogP contribution in [0, 0.1) is 19.7 Å². The van der Waals surface area contributed by atoms with Crippen LogP contribution in [0.4, 0.5) is 4.39 Å². The fourth-order valence-electron chi connectivity index (χ4n) is 4.11. The maximum Gasteiger partial charge on any atom is 0.213 e. The van der Waals surface area contributed by atoms with Gasteiger partial charge in [0.2, 0.25) is 6.23 Å². The number of rotatable bonds is 2. The standard InChI is InChI=1S/C24H20ClFN2O/c1-14-3-4-15(2)19(11-14)21-13-22-20-12-17(25)7-10-23(20)29-24(28(22)27-21)16-5-8-18(26)9-6-16/h3-12,22,24H,13H2,1-2H3/t22-,24+/m1/s1. The zero-order chi connectivity index (χ0) is 20.1. The average Bonchev–Trinajstić information content (AvgIpc) is 3.15. The van der Waals surface area contributed by atoms with Gasteiger partial charge in [0.1, 0.15) is 11.6 Å². The Hall–Kier alpha value is -2.85. The molecule has 0 spiro atoms. The molecular formula is C24H20ClFN2O. The Balaban J connectivity index is 1.62. The lowest BCUT2D eigenvalue weighted by Gasteiger charge is -2.38. The smallest absolute Gasteiger partial charge is 0.213 e. The quantitative estimate of drug-likeness (QED) is 0.496. The Labute approximate surface area is 174 Å². The Bertz CT molecular complexity index is 1130. The van der Waals surface area contributed by atoms with Crippen LogP contribution in [-0.4, -0.2) is 10.7 Å². The van der Waals surface area contributed by atoms with Gasteiger partial charge in [0.05, 0.1) is 11.8 Å². The number of hydrogen-bond acceptors (Lipinski definition) is 3. The van der Waals surface area contributed by atoms with Crippen LogP contribution < -0.4 is 4.74 Å². The predicted octanol–water partition coefficient (Wildman–Crippen LogP) is 6.34. The summed E-state index contributed by atoms with van der Waals surface area (Å²) >= 11 is 6.28. The molecule has 5 rings (SSSR count). The molecule has 0 saturated carbocycles. The van der Waals surface area contributed by atoms with Crippen LogP contribution >= 0.6 is 11.6 Å². The average molecular weight is 407 g/mol. The number of hydrazone groups is 1. The normalized spacial score (nSPS) is 20.0. The first-order chi connectivity index (χ1) is 14.0. The summed E-state index contributed by atoms with van der Waals surface area (Å²) < 4.78 is 19.8. The minimum atomic E-state index is -0.420. The molecule has 29 heavy (non-hydrogen) atoms. The summed E-state index contributed by atoms with van der Waals surface area (Å²) in [6.45, 7) is 4.19. The van der Waals surface area contributed by atoms with Crippen molar-refractivity contribution < 1.29 is 9.13 Å². The van der Waals surface area contributed by atoms with Gasteiger partial charge in [-0.05, 0) is 55.8 Å². The molecule has 0 bridgehead atoms. The lowest BCUT2D eigenvalue weighted by molar-refractivity contribution is -0.0190. The summed E-state index contributed by atoms with van der Waals surface area (Å²) in [6.07, 6.45) is 0.343. The van der Waals surface area contributed by atoms with Gasteiger partial charge >= 0.3 is 0 Å². The third-order valence-corrected chi connectivity index (χ3v) is 5.85. The van der Waals surface area contributed by atoms with E-state index in [9.17, 15) is 4.39 Å². The van der Waals surface area contributed by atoms with Crippen molar-refractivity contribution in [3.05, 3.63) is 99.3 Å². The maximum atomic E-state index is 13.5. The van der Waals surface area contributed by atoms with Gasteiger partial charge in [-0.1, -0.05) is 41.4 Å². The molecule has 0 aromatic heterocycles. The molecule has 0 unspecified atom stereocenters. The number of aryl methyl sites for hydroxylation is 2. The fourth-order valence-corrected chi connectivity index (χ4v) is 4.30. The van der Waals surface area contributed by atoms with Crippen molar-refractivity contribution in [2.45, 2.75) is 32.5 Å². The number of ether oxygens (including phenoxy) is 1. The Morgan fingerprint density at radius 3 is 2.62 bits per heavy atom. The molecule has 0 N–H and O–H groups in total. The lowest BCUT2D eigenvalue weighted by Crippen LogP contribution is -2.33. The summed E-state index contributed by atoms with van der Waals surface area (Å²) in [5.74, 6) is 0.525. The highest BCUT2D eigenvalue weighted by molar-refractivity contribution is 6.30. The summed E-state index contributed by atoms with van der Waals surface area (Å²) in [5, 5.41) is 7.64. The van der Waals surface area contributed by atoms with Gasteiger partial charge in [0, 0.05) is 28.1 Å². The molecule has 3 nitrogen and oxygen atoms in total. The molecule has 0 aliphatic carbocycles. The number of benzene rings is 3. The highest BCUT2D eigenvalue weighted by Gasteiger charge is 2.41. The molecule has 3 aromatic carbocycles. The summed E-state index contributed by atoms with van der Waals surface area (Å²) in [6, 6.07) is 18.5. The topological polar surface area (TPSA) is 24.8 Å². The summed E-state index contributed by atoms with van der Waals surface area (Å²) in [4.78, 5) is 0. The second-order valence-corrected chi connectivity index (χ2v) is 8.11. The van der Waals surface area contributed by atoms with E-state index in [-0.39, 0.29) is 11.9 Å². The van der Waals surface area contributed by atoms with Crippen molar-refractivity contribution >= 4 is 17.3 Å². The van der Waals surface area contributed by atoms with Crippen LogP contribution in [0.2, 0.25) is 5.02 Å². The van der Waals surface area contributed by atoms with Crippen molar-refractivity contribution in [3.63, 3.8) is 0 Å².